The van der Waals surface area contributed by atoms with Crippen molar-refractivity contribution in [2.45, 2.75) is 13.8 Å². The molecule has 0 unspecified atom stereocenters. The SMILES string of the molecule is CC(=O)c1ccc(C(=O)Nc2ccc(Oc3cccc(C)c3)cc2)s1. The first-order valence-electron chi connectivity index (χ1n) is 7.78. The number of benzene rings is 2. The number of hydrogen-bond donors (Lipinski definition) is 1. The van der Waals surface area contributed by atoms with E-state index in [9.17, 15) is 9.59 Å². The van der Waals surface area contributed by atoms with Crippen LogP contribution in [0.25, 0.3) is 0 Å². The van der Waals surface area contributed by atoms with E-state index in [4.69, 9.17) is 4.74 Å². The Morgan fingerprint density at radius 3 is 2.28 bits per heavy atom. The van der Waals surface area contributed by atoms with Crippen molar-refractivity contribution < 1.29 is 14.3 Å². The molecule has 5 heteroatoms. The molecule has 1 N–H and O–H groups in total. The Labute approximate surface area is 150 Å². The van der Waals surface area contributed by atoms with Crippen molar-refractivity contribution in [2.75, 3.05) is 5.32 Å². The second kappa shape index (κ2) is 7.32. The van der Waals surface area contributed by atoms with Gasteiger partial charge in [-0.3, -0.25) is 9.59 Å². The minimum atomic E-state index is -0.232. The molecule has 1 amide bonds. The van der Waals surface area contributed by atoms with Gasteiger partial charge >= 0.3 is 0 Å². The quantitative estimate of drug-likeness (QED) is 0.634. The van der Waals surface area contributed by atoms with Gasteiger partial charge in [0.05, 0.1) is 9.75 Å². The summed E-state index contributed by atoms with van der Waals surface area (Å²) >= 11 is 1.19. The molecule has 1 heterocycles. The summed E-state index contributed by atoms with van der Waals surface area (Å²) in [6.07, 6.45) is 0. The fraction of sp³-hybridized carbons (Fsp3) is 0.100. The topological polar surface area (TPSA) is 55.4 Å². The number of ether oxygens (including phenoxy) is 1. The zero-order chi connectivity index (χ0) is 17.8. The number of Topliss-reactive ketones (excluding diaryl/α,β-unsaturated/α-hetero) is 1. The Morgan fingerprint density at radius 2 is 1.64 bits per heavy atom. The molecular formula is C20H17NO3S. The largest absolute Gasteiger partial charge is 0.457 e. The number of aryl methyl sites for hydroxylation is 1. The van der Waals surface area contributed by atoms with Gasteiger partial charge in [-0.15, -0.1) is 11.3 Å². The molecule has 0 fully saturated rings. The van der Waals surface area contributed by atoms with Crippen LogP contribution in [-0.4, -0.2) is 11.7 Å². The summed E-state index contributed by atoms with van der Waals surface area (Å²) < 4.78 is 5.79. The molecule has 0 atom stereocenters. The van der Waals surface area contributed by atoms with E-state index in [-0.39, 0.29) is 11.7 Å². The molecule has 0 aliphatic carbocycles. The summed E-state index contributed by atoms with van der Waals surface area (Å²) in [6.45, 7) is 3.49. The van der Waals surface area contributed by atoms with Crippen LogP contribution in [0, 0.1) is 6.92 Å². The second-order valence-corrected chi connectivity index (χ2v) is 6.70. The van der Waals surface area contributed by atoms with Gasteiger partial charge in [-0.2, -0.15) is 0 Å². The minimum Gasteiger partial charge on any atom is -0.457 e. The molecule has 0 radical (unpaired) electrons. The molecule has 0 saturated carbocycles. The Kier molecular flexibility index (Phi) is 4.95. The summed E-state index contributed by atoms with van der Waals surface area (Å²) in [4.78, 5) is 24.6. The van der Waals surface area contributed by atoms with Crippen LogP contribution in [0.3, 0.4) is 0 Å². The molecule has 3 rings (SSSR count). The Balaban J connectivity index is 1.65. The molecule has 0 saturated heterocycles. The van der Waals surface area contributed by atoms with Gasteiger partial charge in [0.15, 0.2) is 5.78 Å². The van der Waals surface area contributed by atoms with Crippen molar-refractivity contribution in [1.29, 1.82) is 0 Å². The van der Waals surface area contributed by atoms with Crippen LogP contribution in [0.2, 0.25) is 0 Å². The van der Waals surface area contributed by atoms with Gasteiger partial charge in [-0.25, -0.2) is 0 Å². The van der Waals surface area contributed by atoms with Crippen LogP contribution < -0.4 is 10.1 Å². The first-order valence-corrected chi connectivity index (χ1v) is 8.59. The highest BCUT2D eigenvalue weighted by Gasteiger charge is 2.11. The van der Waals surface area contributed by atoms with Crippen molar-refractivity contribution in [3.63, 3.8) is 0 Å². The van der Waals surface area contributed by atoms with Gasteiger partial charge in [0.1, 0.15) is 11.5 Å². The number of carbonyl (C=O) groups excluding carboxylic acids is 2. The summed E-state index contributed by atoms with van der Waals surface area (Å²) in [5.41, 5.74) is 1.79. The van der Waals surface area contributed by atoms with Crippen molar-refractivity contribution in [3.8, 4) is 11.5 Å². The average Bonchev–Trinajstić information content (AvgIpc) is 3.07. The summed E-state index contributed by atoms with van der Waals surface area (Å²) in [5.74, 6) is 1.19. The van der Waals surface area contributed by atoms with Crippen LogP contribution >= 0.6 is 11.3 Å². The number of carbonyl (C=O) groups is 2. The number of rotatable bonds is 5. The lowest BCUT2D eigenvalue weighted by Gasteiger charge is -2.08. The van der Waals surface area contributed by atoms with E-state index >= 15 is 0 Å². The summed E-state index contributed by atoms with van der Waals surface area (Å²) in [7, 11) is 0. The summed E-state index contributed by atoms with van der Waals surface area (Å²) in [5, 5.41) is 2.82. The zero-order valence-corrected chi connectivity index (χ0v) is 14.7. The first-order chi connectivity index (χ1) is 12.0. The highest BCUT2D eigenvalue weighted by Crippen LogP contribution is 2.24. The number of thiophene rings is 1. The van der Waals surface area contributed by atoms with E-state index in [1.165, 1.54) is 18.3 Å². The molecule has 0 spiro atoms. The monoisotopic (exact) mass is 351 g/mol. The van der Waals surface area contributed by atoms with Crippen molar-refractivity contribution in [2.24, 2.45) is 0 Å². The summed E-state index contributed by atoms with van der Waals surface area (Å²) in [6, 6.07) is 18.3. The van der Waals surface area contributed by atoms with Gasteiger partial charge in [0.2, 0.25) is 0 Å². The number of nitrogens with one attached hydrogen (secondary N) is 1. The van der Waals surface area contributed by atoms with E-state index in [1.54, 1.807) is 36.4 Å². The minimum absolute atomic E-state index is 0.0401. The zero-order valence-electron chi connectivity index (χ0n) is 13.9. The van der Waals surface area contributed by atoms with E-state index in [1.807, 2.05) is 31.2 Å². The van der Waals surface area contributed by atoms with Gasteiger partial charge in [0.25, 0.3) is 5.91 Å². The maximum Gasteiger partial charge on any atom is 0.265 e. The molecule has 126 valence electrons. The van der Waals surface area contributed by atoms with Crippen molar-refractivity contribution >= 4 is 28.7 Å². The average molecular weight is 351 g/mol. The van der Waals surface area contributed by atoms with Crippen molar-refractivity contribution in [3.05, 3.63) is 76.0 Å². The number of anilines is 1. The first kappa shape index (κ1) is 16.9. The van der Waals surface area contributed by atoms with E-state index < -0.39 is 0 Å². The lowest BCUT2D eigenvalue weighted by atomic mass is 10.2. The van der Waals surface area contributed by atoms with Gasteiger partial charge in [-0.05, 0) is 67.9 Å². The van der Waals surface area contributed by atoms with Gasteiger partial charge in [0, 0.05) is 5.69 Å². The predicted molar refractivity (Wildman–Crippen MR) is 100.0 cm³/mol. The molecule has 2 aromatic carbocycles. The highest BCUT2D eigenvalue weighted by atomic mass is 32.1. The maximum atomic E-state index is 12.2. The molecule has 25 heavy (non-hydrogen) atoms. The molecular weight excluding hydrogens is 334 g/mol. The maximum absolute atomic E-state index is 12.2. The number of amides is 1. The van der Waals surface area contributed by atoms with Crippen LogP contribution in [-0.2, 0) is 0 Å². The standard InChI is InChI=1S/C20H17NO3S/c1-13-4-3-5-17(12-13)24-16-8-6-15(7-9-16)21-20(23)19-11-10-18(25-19)14(2)22/h3-12H,1-2H3,(H,21,23). The highest BCUT2D eigenvalue weighted by molar-refractivity contribution is 7.16. The molecule has 0 bridgehead atoms. The second-order valence-electron chi connectivity index (χ2n) is 5.62. The Morgan fingerprint density at radius 1 is 0.920 bits per heavy atom. The Bertz CT molecular complexity index is 913. The third-order valence-electron chi connectivity index (χ3n) is 3.51. The fourth-order valence-electron chi connectivity index (χ4n) is 2.26. The lowest BCUT2D eigenvalue weighted by molar-refractivity contribution is 0.101. The lowest BCUT2D eigenvalue weighted by Crippen LogP contribution is -2.09. The molecule has 1 aromatic heterocycles. The van der Waals surface area contributed by atoms with E-state index in [0.29, 0.717) is 21.2 Å². The third kappa shape index (κ3) is 4.33. The smallest absolute Gasteiger partial charge is 0.265 e. The molecule has 3 aromatic rings. The Hall–Kier alpha value is -2.92. The third-order valence-corrected chi connectivity index (χ3v) is 4.70. The van der Waals surface area contributed by atoms with Gasteiger partial charge < -0.3 is 10.1 Å². The van der Waals surface area contributed by atoms with Gasteiger partial charge in [-0.1, -0.05) is 12.1 Å². The predicted octanol–water partition coefficient (Wildman–Crippen LogP) is 5.30. The number of ketones is 1. The number of hydrogen-bond acceptors (Lipinski definition) is 4. The normalized spacial score (nSPS) is 10.3. The van der Waals surface area contributed by atoms with Crippen LogP contribution in [0.5, 0.6) is 11.5 Å². The van der Waals surface area contributed by atoms with Crippen LogP contribution in [0.1, 0.15) is 31.8 Å². The van der Waals surface area contributed by atoms with E-state index in [2.05, 4.69) is 5.32 Å². The fourth-order valence-corrected chi connectivity index (χ4v) is 3.06. The molecule has 0 aliphatic heterocycles. The van der Waals surface area contributed by atoms with E-state index in [0.717, 1.165) is 11.3 Å². The molecule has 0 aliphatic rings. The molecule has 4 nitrogen and oxygen atoms in total. The van der Waals surface area contributed by atoms with Crippen molar-refractivity contribution in [1.82, 2.24) is 0 Å². The van der Waals surface area contributed by atoms with Crippen LogP contribution in [0.15, 0.2) is 60.7 Å². The van der Waals surface area contributed by atoms with Crippen LogP contribution in [0.4, 0.5) is 5.69 Å².